The number of carbonyl (C=O) groups is 1. The van der Waals surface area contributed by atoms with E-state index in [9.17, 15) is 18.0 Å². The molecule has 1 aliphatic carbocycles. The Balaban J connectivity index is 2.54. The fourth-order valence-electron chi connectivity index (χ4n) is 2.11. The third-order valence-electron chi connectivity index (χ3n) is 3.00. The number of hydrogen-bond acceptors (Lipinski definition) is 4. The largest absolute Gasteiger partial charge is 0.466 e. The summed E-state index contributed by atoms with van der Waals surface area (Å²) in [4.78, 5) is 11.4. The first kappa shape index (κ1) is 12.7. The Kier molecular flexibility index (Phi) is 2.71. The Labute approximate surface area is 101 Å². The van der Waals surface area contributed by atoms with Gasteiger partial charge >= 0.3 is 12.1 Å². The lowest BCUT2D eigenvalue weighted by Gasteiger charge is -2.30. The van der Waals surface area contributed by atoms with Crippen LogP contribution in [0, 0.1) is 5.41 Å². The second-order valence-electron chi connectivity index (χ2n) is 4.41. The highest BCUT2D eigenvalue weighted by atomic mass is 19.4. The molecule has 0 spiro atoms. The minimum absolute atomic E-state index is 0.00812. The number of halogens is 3. The van der Waals surface area contributed by atoms with Gasteiger partial charge < -0.3 is 4.74 Å². The van der Waals surface area contributed by atoms with Crippen molar-refractivity contribution in [3.8, 4) is 0 Å². The van der Waals surface area contributed by atoms with E-state index in [0.717, 1.165) is 13.2 Å². The van der Waals surface area contributed by atoms with Crippen LogP contribution in [0.15, 0.2) is 28.0 Å². The van der Waals surface area contributed by atoms with Gasteiger partial charge in [0.25, 0.3) is 0 Å². The molecule has 7 heteroatoms. The van der Waals surface area contributed by atoms with Gasteiger partial charge in [0.1, 0.15) is 0 Å². The fraction of sp³-hybridized carbons (Fsp3) is 0.455. The second-order valence-corrected chi connectivity index (χ2v) is 4.41. The van der Waals surface area contributed by atoms with Crippen LogP contribution in [0.25, 0.3) is 0 Å². The van der Waals surface area contributed by atoms with Crippen LogP contribution in [0.3, 0.4) is 0 Å². The molecule has 0 aromatic heterocycles. The Morgan fingerprint density at radius 1 is 1.56 bits per heavy atom. The van der Waals surface area contributed by atoms with Gasteiger partial charge in [-0.2, -0.15) is 18.3 Å². The van der Waals surface area contributed by atoms with Crippen molar-refractivity contribution < 1.29 is 22.7 Å². The van der Waals surface area contributed by atoms with Crippen LogP contribution in [-0.4, -0.2) is 25.5 Å². The van der Waals surface area contributed by atoms with Gasteiger partial charge in [-0.1, -0.05) is 0 Å². The van der Waals surface area contributed by atoms with E-state index in [1.807, 2.05) is 0 Å². The van der Waals surface area contributed by atoms with Gasteiger partial charge in [0.05, 0.1) is 23.8 Å². The second kappa shape index (κ2) is 3.86. The molecule has 0 fully saturated rings. The molecule has 1 aliphatic heterocycles. The van der Waals surface area contributed by atoms with Gasteiger partial charge in [-0.05, 0) is 19.4 Å². The standard InChI is InChI=1S/C11H11F3N2O2/c1-10-4-6(9(17)18-2)3-7(11(12,13)14)8(10)16-15-5-10/h3,5,16H,4H2,1-2H3. The highest BCUT2D eigenvalue weighted by Crippen LogP contribution is 2.45. The molecular formula is C11H11F3N2O2. The summed E-state index contributed by atoms with van der Waals surface area (Å²) >= 11 is 0. The molecule has 18 heavy (non-hydrogen) atoms. The lowest BCUT2D eigenvalue weighted by atomic mass is 9.76. The quantitative estimate of drug-likeness (QED) is 0.732. The van der Waals surface area contributed by atoms with Crippen LogP contribution < -0.4 is 5.43 Å². The molecular weight excluding hydrogens is 249 g/mol. The van der Waals surface area contributed by atoms with Gasteiger partial charge in [0.2, 0.25) is 0 Å². The van der Waals surface area contributed by atoms with Gasteiger partial charge in [0, 0.05) is 11.8 Å². The molecule has 0 amide bonds. The number of alkyl halides is 3. The summed E-state index contributed by atoms with van der Waals surface area (Å²) in [5.41, 5.74) is 0.510. The average Bonchev–Trinajstić information content (AvgIpc) is 2.66. The van der Waals surface area contributed by atoms with Crippen molar-refractivity contribution in [3.05, 3.63) is 22.9 Å². The van der Waals surface area contributed by atoms with E-state index < -0.39 is 23.1 Å². The SMILES string of the molecule is COC(=O)C1=CC(C(F)(F)F)=C2NN=CC2(C)C1. The fourth-order valence-corrected chi connectivity index (χ4v) is 2.11. The summed E-state index contributed by atoms with van der Waals surface area (Å²) < 4.78 is 43.3. The normalized spacial score (nSPS) is 26.6. The zero-order chi connectivity index (χ0) is 13.6. The van der Waals surface area contributed by atoms with E-state index >= 15 is 0 Å². The van der Waals surface area contributed by atoms with Crippen LogP contribution in [0.5, 0.6) is 0 Å². The number of methoxy groups -OCH3 is 1. The van der Waals surface area contributed by atoms with Crippen LogP contribution in [0.1, 0.15) is 13.3 Å². The summed E-state index contributed by atoms with van der Waals surface area (Å²) in [6.45, 7) is 1.59. The Bertz CT molecular complexity index is 491. The molecule has 2 rings (SSSR count). The maximum atomic E-state index is 12.9. The number of ether oxygens (including phenoxy) is 1. The number of allylic oxidation sites excluding steroid dienone is 3. The Hall–Kier alpha value is -1.79. The molecule has 1 unspecified atom stereocenters. The molecule has 1 heterocycles. The van der Waals surface area contributed by atoms with E-state index in [1.54, 1.807) is 6.92 Å². The number of nitrogens with one attached hydrogen (secondary N) is 1. The minimum Gasteiger partial charge on any atom is -0.466 e. The topological polar surface area (TPSA) is 50.7 Å². The zero-order valence-corrected chi connectivity index (χ0v) is 9.76. The Morgan fingerprint density at radius 3 is 2.78 bits per heavy atom. The van der Waals surface area contributed by atoms with Crippen molar-refractivity contribution in [2.24, 2.45) is 10.5 Å². The van der Waals surface area contributed by atoms with Crippen molar-refractivity contribution in [1.29, 1.82) is 0 Å². The first-order chi connectivity index (χ1) is 8.28. The molecule has 2 aliphatic rings. The van der Waals surface area contributed by atoms with E-state index in [-0.39, 0.29) is 17.7 Å². The van der Waals surface area contributed by atoms with Crippen molar-refractivity contribution in [2.45, 2.75) is 19.5 Å². The molecule has 0 saturated carbocycles. The summed E-state index contributed by atoms with van der Waals surface area (Å²) in [7, 11) is 1.14. The van der Waals surface area contributed by atoms with Crippen LogP contribution in [0.2, 0.25) is 0 Å². The first-order valence-electron chi connectivity index (χ1n) is 5.19. The number of rotatable bonds is 1. The third kappa shape index (κ3) is 1.89. The van der Waals surface area contributed by atoms with Crippen molar-refractivity contribution in [2.75, 3.05) is 7.11 Å². The first-order valence-corrected chi connectivity index (χ1v) is 5.19. The highest BCUT2D eigenvalue weighted by molar-refractivity contribution is 5.92. The van der Waals surface area contributed by atoms with Crippen LogP contribution in [-0.2, 0) is 9.53 Å². The lowest BCUT2D eigenvalue weighted by Crippen LogP contribution is -2.32. The van der Waals surface area contributed by atoms with Crippen LogP contribution in [0.4, 0.5) is 13.2 Å². The van der Waals surface area contributed by atoms with E-state index in [0.29, 0.717) is 0 Å². The van der Waals surface area contributed by atoms with Crippen LogP contribution >= 0.6 is 0 Å². The molecule has 0 aromatic carbocycles. The molecule has 4 nitrogen and oxygen atoms in total. The number of fused-ring (bicyclic) bond motifs is 1. The summed E-state index contributed by atoms with van der Waals surface area (Å²) in [6.07, 6.45) is -2.21. The molecule has 0 saturated heterocycles. The lowest BCUT2D eigenvalue weighted by molar-refractivity contribution is -0.136. The van der Waals surface area contributed by atoms with E-state index in [4.69, 9.17) is 0 Å². The Morgan fingerprint density at radius 2 is 2.22 bits per heavy atom. The molecule has 98 valence electrons. The van der Waals surface area contributed by atoms with E-state index in [1.165, 1.54) is 6.21 Å². The predicted molar refractivity (Wildman–Crippen MR) is 57.5 cm³/mol. The van der Waals surface area contributed by atoms with Crippen molar-refractivity contribution in [3.63, 3.8) is 0 Å². The third-order valence-corrected chi connectivity index (χ3v) is 3.00. The van der Waals surface area contributed by atoms with Gasteiger partial charge in [0.15, 0.2) is 0 Å². The number of nitrogens with zero attached hydrogens (tertiary/aromatic N) is 1. The number of carbonyl (C=O) groups excluding carboxylic acids is 1. The molecule has 0 bridgehead atoms. The molecule has 0 aromatic rings. The highest BCUT2D eigenvalue weighted by Gasteiger charge is 2.46. The van der Waals surface area contributed by atoms with Gasteiger partial charge in [-0.15, -0.1) is 0 Å². The van der Waals surface area contributed by atoms with Gasteiger partial charge in [-0.25, -0.2) is 4.79 Å². The summed E-state index contributed by atoms with van der Waals surface area (Å²) in [5.74, 6) is -0.752. The average molecular weight is 260 g/mol. The number of hydrogen-bond donors (Lipinski definition) is 1. The predicted octanol–water partition coefficient (Wildman–Crippen LogP) is 1.90. The zero-order valence-electron chi connectivity index (χ0n) is 9.76. The minimum atomic E-state index is -4.54. The summed E-state index contributed by atoms with van der Waals surface area (Å²) in [5, 5.41) is 3.66. The van der Waals surface area contributed by atoms with Crippen molar-refractivity contribution in [1.82, 2.24) is 5.43 Å². The van der Waals surface area contributed by atoms with Crippen molar-refractivity contribution >= 4 is 12.2 Å². The molecule has 0 radical (unpaired) electrons. The van der Waals surface area contributed by atoms with Gasteiger partial charge in [-0.3, -0.25) is 5.43 Å². The molecule has 1 atom stereocenters. The smallest absolute Gasteiger partial charge is 0.418 e. The maximum Gasteiger partial charge on any atom is 0.418 e. The van der Waals surface area contributed by atoms with E-state index in [2.05, 4.69) is 15.3 Å². The monoisotopic (exact) mass is 260 g/mol. The number of hydrazone groups is 1. The number of esters is 1. The molecule has 1 N–H and O–H groups in total. The summed E-state index contributed by atoms with van der Waals surface area (Å²) in [6, 6.07) is 0. The maximum absolute atomic E-state index is 12.9.